The Balaban J connectivity index is 1.85. The maximum Gasteiger partial charge on any atom is 0.354 e. The van der Waals surface area contributed by atoms with Gasteiger partial charge in [0.2, 0.25) is 5.91 Å². The van der Waals surface area contributed by atoms with Crippen molar-refractivity contribution in [3.8, 4) is 5.75 Å². The molecule has 1 amide bonds. The number of anilines is 2. The summed E-state index contributed by atoms with van der Waals surface area (Å²) >= 11 is 0. The van der Waals surface area contributed by atoms with Crippen LogP contribution in [0.15, 0.2) is 59.9 Å². The Labute approximate surface area is 256 Å². The quantitative estimate of drug-likeness (QED) is 0.215. The third-order valence-electron chi connectivity index (χ3n) is 8.74. The van der Waals surface area contributed by atoms with Gasteiger partial charge in [0, 0.05) is 65.3 Å². The van der Waals surface area contributed by atoms with Gasteiger partial charge < -0.3 is 20.2 Å². The summed E-state index contributed by atoms with van der Waals surface area (Å²) in [6.45, 7) is 10.8. The molecule has 6 rings (SSSR count). The predicted molar refractivity (Wildman–Crippen MR) is 181 cm³/mol. The fraction of sp³-hybridized carbons (Fsp3) is 0.265. The van der Waals surface area contributed by atoms with Crippen molar-refractivity contribution in [2.24, 2.45) is 0 Å². The molecule has 1 fully saturated rings. The van der Waals surface area contributed by atoms with E-state index in [-0.39, 0.29) is 17.7 Å². The van der Waals surface area contributed by atoms with E-state index in [1.807, 2.05) is 63.1 Å². The molecule has 10 heteroatoms. The molecule has 1 saturated heterocycles. The molecule has 8 nitrogen and oxygen atoms in total. The van der Waals surface area contributed by atoms with E-state index < -0.39 is 11.5 Å². The molecule has 226 valence electrons. The number of hydrogen-bond donors (Lipinski definition) is 2. The second-order valence-electron chi connectivity index (χ2n) is 11.3. The lowest BCUT2D eigenvalue weighted by Crippen LogP contribution is -2.54. The maximum absolute atomic E-state index is 15.1. The Hall–Kier alpha value is -4.49. The van der Waals surface area contributed by atoms with Crippen molar-refractivity contribution in [1.29, 1.82) is 0 Å². The topological polar surface area (TPSA) is 90.2 Å². The fourth-order valence-corrected chi connectivity index (χ4v) is 6.97. The normalized spacial score (nSPS) is 15.4. The molecular weight excluding hydrogens is 576 g/mol. The first kappa shape index (κ1) is 29.6. The van der Waals surface area contributed by atoms with Gasteiger partial charge in [0.05, 0.1) is 5.52 Å². The number of fused-ring (bicyclic) bond motifs is 5. The van der Waals surface area contributed by atoms with Gasteiger partial charge in [-0.2, -0.15) is 4.98 Å². The van der Waals surface area contributed by atoms with Gasteiger partial charge in [0.25, 0.3) is 0 Å². The van der Waals surface area contributed by atoms with E-state index in [2.05, 4.69) is 26.1 Å². The van der Waals surface area contributed by atoms with Gasteiger partial charge in [-0.25, -0.2) is 9.18 Å². The van der Waals surface area contributed by atoms with Gasteiger partial charge >= 0.3 is 5.69 Å². The Bertz CT molecular complexity index is 2130. The number of phenolic OH excluding ortho intramolecular Hbond substituents is 1. The summed E-state index contributed by atoms with van der Waals surface area (Å²) in [5, 5.41) is 18.9. The van der Waals surface area contributed by atoms with Crippen molar-refractivity contribution in [2.45, 2.75) is 33.2 Å². The number of amides is 1. The summed E-state index contributed by atoms with van der Waals surface area (Å²) in [4.78, 5) is 35.0. The van der Waals surface area contributed by atoms with Gasteiger partial charge in [0.15, 0.2) is 0 Å². The van der Waals surface area contributed by atoms with E-state index >= 15 is 4.39 Å². The number of rotatable bonds is 4. The molecule has 1 aliphatic rings. The second-order valence-corrected chi connectivity index (χ2v) is 11.9. The van der Waals surface area contributed by atoms with Crippen molar-refractivity contribution in [2.75, 3.05) is 36.9 Å². The standard InChI is InChI=1S/C34H35FN5O3P/c1-6-20-15-23(36-5)16-22-9-8-21-10-11-25(35)32(44)28(21)27-18(3)14-24-30(31(27)42)40(29(20)22)34(43)37-33(24)39-13-12-38(17-19(39)4)26(41)7-2/h7-11,14-16,19,36,42H,2,6,12-13,17,44H2,1,3-5H3/t19-/m0/s1. The van der Waals surface area contributed by atoms with Crippen LogP contribution in [0, 0.1) is 12.7 Å². The molecular formula is C34H35FN5O3P. The molecule has 2 atom stereocenters. The summed E-state index contributed by atoms with van der Waals surface area (Å²) in [5.74, 6) is -0.244. The predicted octanol–water partition coefficient (Wildman–Crippen LogP) is 5.20. The van der Waals surface area contributed by atoms with E-state index in [0.717, 1.165) is 22.0 Å². The van der Waals surface area contributed by atoms with Crippen LogP contribution in [0.5, 0.6) is 5.75 Å². The van der Waals surface area contributed by atoms with Gasteiger partial charge in [0.1, 0.15) is 22.9 Å². The Kier molecular flexibility index (Phi) is 7.54. The molecule has 1 unspecified atom stereocenters. The van der Waals surface area contributed by atoms with Crippen LogP contribution in [0.1, 0.15) is 25.0 Å². The smallest absolute Gasteiger partial charge is 0.354 e. The second kappa shape index (κ2) is 11.2. The number of aryl methyl sites for hydroxylation is 2. The molecule has 0 spiro atoms. The fourth-order valence-electron chi connectivity index (χ4n) is 6.57. The number of nitrogens with zero attached hydrogens (tertiary/aromatic N) is 4. The van der Waals surface area contributed by atoms with E-state index in [0.29, 0.717) is 69.9 Å². The van der Waals surface area contributed by atoms with E-state index in [1.54, 1.807) is 11.0 Å². The average molecular weight is 612 g/mol. The summed E-state index contributed by atoms with van der Waals surface area (Å²) in [5.41, 5.74) is 2.88. The number of phenols is 1. The lowest BCUT2D eigenvalue weighted by Gasteiger charge is -2.40. The van der Waals surface area contributed by atoms with E-state index in [4.69, 9.17) is 0 Å². The van der Waals surface area contributed by atoms with Gasteiger partial charge in [-0.15, -0.1) is 9.24 Å². The molecule has 2 N–H and O–H groups in total. The number of aromatic nitrogens is 2. The molecule has 3 heterocycles. The van der Waals surface area contributed by atoms with E-state index in [1.165, 1.54) is 16.5 Å². The zero-order valence-corrected chi connectivity index (χ0v) is 26.4. The maximum atomic E-state index is 15.1. The number of hydrogen-bond acceptors (Lipinski definition) is 6. The van der Waals surface area contributed by atoms with Crippen LogP contribution in [0.3, 0.4) is 0 Å². The Morgan fingerprint density at radius 2 is 1.89 bits per heavy atom. The molecule has 44 heavy (non-hydrogen) atoms. The number of carbonyl (C=O) groups is 1. The summed E-state index contributed by atoms with van der Waals surface area (Å²) in [7, 11) is 4.32. The van der Waals surface area contributed by atoms with Crippen LogP contribution in [0.2, 0.25) is 0 Å². The van der Waals surface area contributed by atoms with Crippen LogP contribution in [0.25, 0.3) is 38.0 Å². The van der Waals surface area contributed by atoms with Crippen molar-refractivity contribution in [3.05, 3.63) is 82.5 Å². The minimum absolute atomic E-state index is 0.120. The highest BCUT2D eigenvalue weighted by molar-refractivity contribution is 7.28. The third-order valence-corrected chi connectivity index (χ3v) is 9.31. The molecule has 5 aromatic rings. The lowest BCUT2D eigenvalue weighted by molar-refractivity contribution is -0.126. The number of benzene rings is 3. The molecule has 0 radical (unpaired) electrons. The third kappa shape index (κ3) is 4.58. The molecule has 0 saturated carbocycles. The van der Waals surface area contributed by atoms with Crippen molar-refractivity contribution >= 4 is 69.9 Å². The van der Waals surface area contributed by atoms with Gasteiger partial charge in [-0.05, 0) is 67.1 Å². The Morgan fingerprint density at radius 3 is 2.57 bits per heavy atom. The molecule has 0 aliphatic carbocycles. The molecule has 3 aromatic carbocycles. The number of aromatic hydroxyl groups is 1. The number of carbonyl (C=O) groups excluding carboxylic acids is 1. The first-order valence-electron chi connectivity index (χ1n) is 14.7. The first-order valence-corrected chi connectivity index (χ1v) is 15.3. The molecule has 1 aliphatic heterocycles. The van der Waals surface area contributed by atoms with Crippen LogP contribution in [-0.2, 0) is 11.2 Å². The van der Waals surface area contributed by atoms with Gasteiger partial charge in [-0.1, -0.05) is 31.7 Å². The zero-order chi connectivity index (χ0) is 31.4. The number of halogens is 1. The van der Waals surface area contributed by atoms with Gasteiger partial charge in [-0.3, -0.25) is 9.20 Å². The Morgan fingerprint density at radius 1 is 1.16 bits per heavy atom. The van der Waals surface area contributed by atoms with Crippen LogP contribution in [-0.4, -0.2) is 58.0 Å². The van der Waals surface area contributed by atoms with Crippen LogP contribution >= 0.6 is 9.24 Å². The van der Waals surface area contributed by atoms with Crippen molar-refractivity contribution in [3.63, 3.8) is 0 Å². The monoisotopic (exact) mass is 611 g/mol. The SMILES string of the molecule is C=CC(=O)N1CCN(c2nc(=O)n3c4c(CC)cc(NC)cc4ccc4ccc(F)c(P)c4c4c(C)cc2c3c4O)[C@@H](C)C1. The summed E-state index contributed by atoms with van der Waals surface area (Å²) in [6, 6.07) is 12.7. The minimum atomic E-state index is -0.540. The number of nitrogens with one attached hydrogen (secondary N) is 1. The first-order chi connectivity index (χ1) is 21.1. The zero-order valence-electron chi connectivity index (χ0n) is 25.2. The largest absolute Gasteiger partial charge is 0.505 e. The van der Waals surface area contributed by atoms with Crippen LogP contribution in [0.4, 0.5) is 15.9 Å². The highest BCUT2D eigenvalue weighted by Crippen LogP contribution is 2.40. The lowest BCUT2D eigenvalue weighted by atomic mass is 9.98. The highest BCUT2D eigenvalue weighted by Gasteiger charge is 2.30. The summed E-state index contributed by atoms with van der Waals surface area (Å²) < 4.78 is 16.6. The van der Waals surface area contributed by atoms with Crippen molar-refractivity contribution < 1.29 is 14.3 Å². The van der Waals surface area contributed by atoms with Crippen molar-refractivity contribution in [1.82, 2.24) is 14.3 Å². The minimum Gasteiger partial charge on any atom is -0.505 e. The average Bonchev–Trinajstić information content (AvgIpc) is 3.01. The highest BCUT2D eigenvalue weighted by atomic mass is 31.0. The molecule has 2 aromatic heterocycles. The summed E-state index contributed by atoms with van der Waals surface area (Å²) in [6.07, 6.45) is 1.93. The van der Waals surface area contributed by atoms with Crippen LogP contribution < -0.4 is 21.2 Å². The number of piperazine rings is 1. The van der Waals surface area contributed by atoms with E-state index in [9.17, 15) is 14.7 Å². The molecule has 2 bridgehead atoms.